The van der Waals surface area contributed by atoms with Crippen LogP contribution in [0.3, 0.4) is 0 Å². The third kappa shape index (κ3) is 3.17. The second-order valence-electron chi connectivity index (χ2n) is 4.82. The minimum absolute atomic E-state index is 0.0701. The molecule has 2 unspecified atom stereocenters. The molecular formula is C14H19NO4. The van der Waals surface area contributed by atoms with Gasteiger partial charge >= 0.3 is 0 Å². The lowest BCUT2D eigenvalue weighted by atomic mass is 9.92. The Balaban J connectivity index is 2.05. The number of amides is 1. The first-order valence-corrected chi connectivity index (χ1v) is 6.47. The number of rotatable bonds is 3. The maximum atomic E-state index is 12.0. The fourth-order valence-electron chi connectivity index (χ4n) is 2.36. The molecule has 1 saturated carbocycles. The first-order valence-electron chi connectivity index (χ1n) is 6.47. The molecule has 3 N–H and O–H groups in total. The van der Waals surface area contributed by atoms with Crippen LogP contribution < -0.4 is 10.1 Å². The number of aliphatic hydroxyl groups excluding tert-OH is 1. The second-order valence-corrected chi connectivity index (χ2v) is 4.82. The van der Waals surface area contributed by atoms with E-state index in [4.69, 9.17) is 4.74 Å². The first kappa shape index (κ1) is 13.7. The van der Waals surface area contributed by atoms with Gasteiger partial charge in [0.15, 0.2) is 11.5 Å². The van der Waals surface area contributed by atoms with Gasteiger partial charge in [-0.15, -0.1) is 0 Å². The van der Waals surface area contributed by atoms with Crippen LogP contribution in [0.1, 0.15) is 36.0 Å². The minimum Gasteiger partial charge on any atom is -0.504 e. The fraction of sp³-hybridized carbons (Fsp3) is 0.500. The van der Waals surface area contributed by atoms with Crippen molar-refractivity contribution in [1.29, 1.82) is 0 Å². The third-order valence-corrected chi connectivity index (χ3v) is 3.49. The molecule has 1 amide bonds. The number of phenols is 1. The molecular weight excluding hydrogens is 246 g/mol. The van der Waals surface area contributed by atoms with Gasteiger partial charge < -0.3 is 20.3 Å². The van der Waals surface area contributed by atoms with Crippen molar-refractivity contribution >= 4 is 5.91 Å². The van der Waals surface area contributed by atoms with Crippen LogP contribution in [0.25, 0.3) is 0 Å². The van der Waals surface area contributed by atoms with Crippen molar-refractivity contribution in [2.24, 2.45) is 0 Å². The molecule has 0 bridgehead atoms. The van der Waals surface area contributed by atoms with Crippen LogP contribution in [0.4, 0.5) is 0 Å². The number of carbonyl (C=O) groups excluding carboxylic acids is 1. The van der Waals surface area contributed by atoms with Crippen molar-refractivity contribution in [2.75, 3.05) is 7.11 Å². The molecule has 0 saturated heterocycles. The number of nitrogens with one attached hydrogen (secondary N) is 1. The third-order valence-electron chi connectivity index (χ3n) is 3.49. The fourth-order valence-corrected chi connectivity index (χ4v) is 2.36. The van der Waals surface area contributed by atoms with E-state index in [1.54, 1.807) is 12.1 Å². The number of benzene rings is 1. The van der Waals surface area contributed by atoms with Crippen LogP contribution in [0.15, 0.2) is 18.2 Å². The highest BCUT2D eigenvalue weighted by molar-refractivity contribution is 5.95. The second kappa shape index (κ2) is 5.93. The maximum Gasteiger partial charge on any atom is 0.251 e. The molecule has 0 spiro atoms. The Labute approximate surface area is 112 Å². The predicted octanol–water partition coefficient (Wildman–Crippen LogP) is 1.43. The highest BCUT2D eigenvalue weighted by Gasteiger charge is 2.25. The molecule has 2 atom stereocenters. The summed E-state index contributed by atoms with van der Waals surface area (Å²) < 4.78 is 4.93. The summed E-state index contributed by atoms with van der Waals surface area (Å²) in [5, 5.41) is 22.3. The molecule has 1 aliphatic rings. The smallest absolute Gasteiger partial charge is 0.251 e. The number of phenolic OH excluding ortho intramolecular Hbond substituents is 1. The Morgan fingerprint density at radius 3 is 2.74 bits per heavy atom. The van der Waals surface area contributed by atoms with Crippen LogP contribution in [0.5, 0.6) is 11.5 Å². The van der Waals surface area contributed by atoms with Crippen molar-refractivity contribution in [3.63, 3.8) is 0 Å². The van der Waals surface area contributed by atoms with Crippen molar-refractivity contribution in [1.82, 2.24) is 5.32 Å². The van der Waals surface area contributed by atoms with Crippen LogP contribution >= 0.6 is 0 Å². The molecule has 1 aromatic carbocycles. The molecule has 0 aliphatic heterocycles. The van der Waals surface area contributed by atoms with Crippen molar-refractivity contribution < 1.29 is 19.7 Å². The topological polar surface area (TPSA) is 78.8 Å². The van der Waals surface area contributed by atoms with E-state index in [0.29, 0.717) is 11.3 Å². The van der Waals surface area contributed by atoms with Gasteiger partial charge in [-0.05, 0) is 31.0 Å². The molecule has 5 nitrogen and oxygen atoms in total. The van der Waals surface area contributed by atoms with Gasteiger partial charge in [0.2, 0.25) is 0 Å². The van der Waals surface area contributed by atoms with Crippen molar-refractivity contribution in [2.45, 2.75) is 37.8 Å². The number of aliphatic hydroxyl groups is 1. The zero-order valence-corrected chi connectivity index (χ0v) is 10.9. The lowest BCUT2D eigenvalue weighted by Crippen LogP contribution is -2.45. The van der Waals surface area contributed by atoms with E-state index < -0.39 is 6.10 Å². The summed E-state index contributed by atoms with van der Waals surface area (Å²) in [6.07, 6.45) is 3.03. The number of hydrogen-bond donors (Lipinski definition) is 3. The lowest BCUT2D eigenvalue weighted by Gasteiger charge is -2.28. The Morgan fingerprint density at radius 1 is 1.37 bits per heavy atom. The molecule has 0 aromatic heterocycles. The summed E-state index contributed by atoms with van der Waals surface area (Å²) in [4.78, 5) is 12.0. The zero-order valence-electron chi connectivity index (χ0n) is 10.9. The summed E-state index contributed by atoms with van der Waals surface area (Å²) in [7, 11) is 1.45. The summed E-state index contributed by atoms with van der Waals surface area (Å²) in [5.41, 5.74) is 0.357. The Morgan fingerprint density at radius 2 is 2.11 bits per heavy atom. The Hall–Kier alpha value is -1.75. The van der Waals surface area contributed by atoms with Crippen molar-refractivity contribution in [3.05, 3.63) is 23.8 Å². The van der Waals surface area contributed by atoms with E-state index in [1.807, 2.05) is 0 Å². The van der Waals surface area contributed by atoms with Gasteiger partial charge in [-0.25, -0.2) is 0 Å². The standard InChI is InChI=1S/C14H19NO4/c1-19-13-7-6-9(8-12(13)17)14(18)15-10-4-2-3-5-11(10)16/h6-8,10-11,16-17H,2-5H2,1H3,(H,15,18). The highest BCUT2D eigenvalue weighted by Crippen LogP contribution is 2.26. The zero-order chi connectivity index (χ0) is 13.8. The quantitative estimate of drug-likeness (QED) is 0.772. The van der Waals surface area contributed by atoms with Crippen LogP contribution in [0.2, 0.25) is 0 Å². The Kier molecular flexibility index (Phi) is 4.27. The van der Waals surface area contributed by atoms with Crippen LogP contribution in [-0.2, 0) is 0 Å². The Bertz CT molecular complexity index is 461. The number of ether oxygens (including phenoxy) is 1. The normalized spacial score (nSPS) is 22.8. The van der Waals surface area contributed by atoms with E-state index >= 15 is 0 Å². The first-order chi connectivity index (χ1) is 9.11. The average Bonchev–Trinajstić information content (AvgIpc) is 2.41. The number of hydrogen-bond acceptors (Lipinski definition) is 4. The van der Waals surface area contributed by atoms with E-state index in [-0.39, 0.29) is 17.7 Å². The summed E-state index contributed by atoms with van der Waals surface area (Å²) in [5.74, 6) is -0.0301. The van der Waals surface area contributed by atoms with Crippen LogP contribution in [0, 0.1) is 0 Å². The monoisotopic (exact) mass is 265 g/mol. The van der Waals surface area contributed by atoms with Gasteiger partial charge in [-0.1, -0.05) is 12.8 Å². The number of methoxy groups -OCH3 is 1. The van der Waals surface area contributed by atoms with Crippen LogP contribution in [-0.4, -0.2) is 35.4 Å². The predicted molar refractivity (Wildman–Crippen MR) is 70.4 cm³/mol. The number of carbonyl (C=O) groups is 1. The molecule has 2 rings (SSSR count). The number of aromatic hydroxyl groups is 1. The van der Waals surface area contributed by atoms with Gasteiger partial charge in [0.05, 0.1) is 19.3 Å². The molecule has 1 aliphatic carbocycles. The summed E-state index contributed by atoms with van der Waals surface area (Å²) in [6.45, 7) is 0. The lowest BCUT2D eigenvalue weighted by molar-refractivity contribution is 0.0717. The molecule has 5 heteroatoms. The largest absolute Gasteiger partial charge is 0.504 e. The van der Waals surface area contributed by atoms with Gasteiger partial charge in [0.25, 0.3) is 5.91 Å². The van der Waals surface area contributed by atoms with E-state index in [1.165, 1.54) is 13.2 Å². The van der Waals surface area contributed by atoms with E-state index in [9.17, 15) is 15.0 Å². The van der Waals surface area contributed by atoms with E-state index in [0.717, 1.165) is 25.7 Å². The SMILES string of the molecule is COc1ccc(C(=O)NC2CCCCC2O)cc1O. The van der Waals surface area contributed by atoms with E-state index in [2.05, 4.69) is 5.32 Å². The maximum absolute atomic E-state index is 12.0. The van der Waals surface area contributed by atoms with Gasteiger partial charge in [-0.3, -0.25) is 4.79 Å². The molecule has 0 heterocycles. The van der Waals surface area contributed by atoms with Gasteiger partial charge in [0.1, 0.15) is 0 Å². The molecule has 1 fully saturated rings. The average molecular weight is 265 g/mol. The minimum atomic E-state index is -0.482. The highest BCUT2D eigenvalue weighted by atomic mass is 16.5. The van der Waals surface area contributed by atoms with Crippen molar-refractivity contribution in [3.8, 4) is 11.5 Å². The van der Waals surface area contributed by atoms with Gasteiger partial charge in [-0.2, -0.15) is 0 Å². The molecule has 19 heavy (non-hydrogen) atoms. The molecule has 0 radical (unpaired) electrons. The summed E-state index contributed by atoms with van der Waals surface area (Å²) in [6, 6.07) is 4.29. The molecule has 1 aromatic rings. The summed E-state index contributed by atoms with van der Waals surface area (Å²) >= 11 is 0. The van der Waals surface area contributed by atoms with Gasteiger partial charge in [0, 0.05) is 5.56 Å². The molecule has 104 valence electrons.